The van der Waals surface area contributed by atoms with Crippen molar-refractivity contribution in [3.8, 4) is 5.75 Å². The number of benzene rings is 1. The smallest absolute Gasteiger partial charge is 0.269 e. The highest BCUT2D eigenvalue weighted by atomic mass is 35.5. The van der Waals surface area contributed by atoms with Crippen LogP contribution < -0.4 is 4.74 Å². The first-order chi connectivity index (χ1) is 7.56. The van der Waals surface area contributed by atoms with E-state index in [1.165, 1.54) is 0 Å². The first kappa shape index (κ1) is 11.0. The Hall–Kier alpha value is -1.48. The Kier molecular flexibility index (Phi) is 2.64. The van der Waals surface area contributed by atoms with Gasteiger partial charge in [-0.2, -0.15) is 0 Å². The van der Waals surface area contributed by atoms with Crippen LogP contribution >= 0.6 is 11.6 Å². The third-order valence-electron chi connectivity index (χ3n) is 2.85. The quantitative estimate of drug-likeness (QED) is 0.752. The van der Waals surface area contributed by atoms with E-state index in [9.17, 15) is 4.79 Å². The second-order valence-corrected chi connectivity index (χ2v) is 4.03. The molecule has 2 rings (SSSR count). The number of carbonyl (C=O) groups excluding carboxylic acids is 1. The van der Waals surface area contributed by atoms with Gasteiger partial charge in [-0.05, 0) is 42.3 Å². The minimum atomic E-state index is -0.435. The van der Waals surface area contributed by atoms with Crippen LogP contribution in [0.3, 0.4) is 0 Å². The normalized spacial score (nSPS) is 10.8. The van der Waals surface area contributed by atoms with Crippen molar-refractivity contribution in [3.63, 3.8) is 0 Å². The topological polar surface area (TPSA) is 31.2 Å². The molecule has 4 heteroatoms. The summed E-state index contributed by atoms with van der Waals surface area (Å²) in [6.45, 7) is 1.89. The number of carbonyl (C=O) groups is 1. The van der Waals surface area contributed by atoms with E-state index in [-0.39, 0.29) is 0 Å². The number of fused-ring (bicyclic) bond motifs is 1. The van der Waals surface area contributed by atoms with Gasteiger partial charge in [0.25, 0.3) is 5.24 Å². The van der Waals surface area contributed by atoms with Gasteiger partial charge in [-0.15, -0.1) is 0 Å². The van der Waals surface area contributed by atoms with Crippen LogP contribution in [0.25, 0.3) is 10.9 Å². The standard InChI is InChI=1S/C12H12ClNO2/c1-7-9-6-8(16-3)4-5-10(9)14(2)11(7)12(13)15/h4-6H,1-3H3. The maximum atomic E-state index is 11.3. The molecule has 0 aliphatic carbocycles. The zero-order valence-corrected chi connectivity index (χ0v) is 10.1. The van der Waals surface area contributed by atoms with Gasteiger partial charge in [0, 0.05) is 18.0 Å². The Labute approximate surface area is 98.6 Å². The van der Waals surface area contributed by atoms with Gasteiger partial charge in [0.2, 0.25) is 0 Å². The van der Waals surface area contributed by atoms with Crippen molar-refractivity contribution in [1.82, 2.24) is 4.57 Å². The van der Waals surface area contributed by atoms with Crippen LogP contribution in [0.15, 0.2) is 18.2 Å². The van der Waals surface area contributed by atoms with Crippen molar-refractivity contribution >= 4 is 27.7 Å². The van der Waals surface area contributed by atoms with Crippen molar-refractivity contribution < 1.29 is 9.53 Å². The second kappa shape index (κ2) is 3.83. The summed E-state index contributed by atoms with van der Waals surface area (Å²) < 4.78 is 6.96. The molecule has 0 N–H and O–H groups in total. The highest BCUT2D eigenvalue weighted by Crippen LogP contribution is 2.28. The van der Waals surface area contributed by atoms with Crippen LogP contribution in [0.1, 0.15) is 16.1 Å². The zero-order valence-electron chi connectivity index (χ0n) is 9.37. The molecule has 1 aromatic carbocycles. The lowest BCUT2D eigenvalue weighted by molar-refractivity contribution is 0.107. The molecule has 0 amide bonds. The summed E-state index contributed by atoms with van der Waals surface area (Å²) in [6, 6.07) is 5.70. The van der Waals surface area contributed by atoms with E-state index in [2.05, 4.69) is 0 Å². The molecule has 0 unspecified atom stereocenters. The van der Waals surface area contributed by atoms with Gasteiger partial charge in [0.15, 0.2) is 0 Å². The second-order valence-electron chi connectivity index (χ2n) is 3.69. The van der Waals surface area contributed by atoms with E-state index in [4.69, 9.17) is 16.3 Å². The van der Waals surface area contributed by atoms with Crippen molar-refractivity contribution in [3.05, 3.63) is 29.5 Å². The molecule has 0 radical (unpaired) electrons. The Balaban J connectivity index is 2.83. The summed E-state index contributed by atoms with van der Waals surface area (Å²) >= 11 is 5.57. The first-order valence-electron chi connectivity index (χ1n) is 4.89. The van der Waals surface area contributed by atoms with Crippen molar-refractivity contribution in [2.45, 2.75) is 6.92 Å². The molecular weight excluding hydrogens is 226 g/mol. The lowest BCUT2D eigenvalue weighted by Gasteiger charge is -2.01. The summed E-state index contributed by atoms with van der Waals surface area (Å²) in [6.07, 6.45) is 0. The molecule has 0 saturated heterocycles. The van der Waals surface area contributed by atoms with E-state index in [0.717, 1.165) is 22.2 Å². The highest BCUT2D eigenvalue weighted by molar-refractivity contribution is 6.67. The predicted molar refractivity (Wildman–Crippen MR) is 64.4 cm³/mol. The van der Waals surface area contributed by atoms with Gasteiger partial charge < -0.3 is 9.30 Å². The molecule has 0 atom stereocenters. The van der Waals surface area contributed by atoms with Crippen LogP contribution in [0.5, 0.6) is 5.75 Å². The van der Waals surface area contributed by atoms with E-state index < -0.39 is 5.24 Å². The molecule has 1 aromatic heterocycles. The van der Waals surface area contributed by atoms with E-state index in [0.29, 0.717) is 5.69 Å². The maximum Gasteiger partial charge on any atom is 0.269 e. The van der Waals surface area contributed by atoms with Gasteiger partial charge in [-0.25, -0.2) is 0 Å². The molecule has 84 valence electrons. The summed E-state index contributed by atoms with van der Waals surface area (Å²) in [4.78, 5) is 11.3. The molecule has 0 saturated carbocycles. The number of hydrogen-bond acceptors (Lipinski definition) is 2. The number of halogens is 1. The number of nitrogens with zero attached hydrogens (tertiary/aromatic N) is 1. The number of ether oxygens (including phenoxy) is 1. The molecule has 2 aromatic rings. The lowest BCUT2D eigenvalue weighted by atomic mass is 10.1. The summed E-state index contributed by atoms with van der Waals surface area (Å²) in [5, 5.41) is 0.556. The molecule has 0 aliphatic rings. The average molecular weight is 238 g/mol. The minimum Gasteiger partial charge on any atom is -0.497 e. The van der Waals surface area contributed by atoms with Crippen LogP contribution in [-0.4, -0.2) is 16.9 Å². The van der Waals surface area contributed by atoms with Crippen molar-refractivity contribution in [2.24, 2.45) is 7.05 Å². The zero-order chi connectivity index (χ0) is 11.9. The molecule has 0 spiro atoms. The van der Waals surface area contributed by atoms with Crippen LogP contribution in [0.4, 0.5) is 0 Å². The van der Waals surface area contributed by atoms with Gasteiger partial charge in [-0.3, -0.25) is 4.79 Å². The van der Waals surface area contributed by atoms with Crippen LogP contribution in [0.2, 0.25) is 0 Å². The van der Waals surface area contributed by atoms with Crippen LogP contribution in [-0.2, 0) is 7.05 Å². The molecule has 1 heterocycles. The fourth-order valence-corrected chi connectivity index (χ4v) is 2.28. The van der Waals surface area contributed by atoms with E-state index >= 15 is 0 Å². The fraction of sp³-hybridized carbons (Fsp3) is 0.250. The fourth-order valence-electron chi connectivity index (χ4n) is 2.01. The minimum absolute atomic E-state index is 0.435. The highest BCUT2D eigenvalue weighted by Gasteiger charge is 2.16. The molecule has 0 bridgehead atoms. The summed E-state index contributed by atoms with van der Waals surface area (Å²) in [5.74, 6) is 0.773. The van der Waals surface area contributed by atoms with E-state index in [1.54, 1.807) is 11.7 Å². The maximum absolute atomic E-state index is 11.3. The number of hydrogen-bond donors (Lipinski definition) is 0. The third kappa shape index (κ3) is 1.48. The van der Waals surface area contributed by atoms with Crippen molar-refractivity contribution in [1.29, 1.82) is 0 Å². The summed E-state index contributed by atoms with van der Waals surface area (Å²) in [5.41, 5.74) is 2.39. The Bertz CT molecular complexity index is 572. The molecule has 16 heavy (non-hydrogen) atoms. The first-order valence-corrected chi connectivity index (χ1v) is 5.27. The van der Waals surface area contributed by atoms with Gasteiger partial charge in [0.1, 0.15) is 11.4 Å². The predicted octanol–water partition coefficient (Wildman–Crippen LogP) is 2.87. The molecule has 0 aliphatic heterocycles. The average Bonchev–Trinajstić information content (AvgIpc) is 2.51. The molecule has 0 fully saturated rings. The largest absolute Gasteiger partial charge is 0.497 e. The molecular formula is C12H12ClNO2. The Morgan fingerprint density at radius 2 is 2.12 bits per heavy atom. The Morgan fingerprint density at radius 1 is 1.44 bits per heavy atom. The van der Waals surface area contributed by atoms with E-state index in [1.807, 2.05) is 32.2 Å². The number of methoxy groups -OCH3 is 1. The molecule has 3 nitrogen and oxygen atoms in total. The summed E-state index contributed by atoms with van der Waals surface area (Å²) in [7, 11) is 3.45. The number of rotatable bonds is 2. The van der Waals surface area contributed by atoms with Crippen LogP contribution in [0, 0.1) is 6.92 Å². The number of aryl methyl sites for hydroxylation is 2. The van der Waals surface area contributed by atoms with Gasteiger partial charge >= 0.3 is 0 Å². The van der Waals surface area contributed by atoms with Gasteiger partial charge in [-0.1, -0.05) is 0 Å². The SMILES string of the molecule is COc1ccc2c(c1)c(C)c(C(=O)Cl)n2C. The van der Waals surface area contributed by atoms with Crippen molar-refractivity contribution in [2.75, 3.05) is 7.11 Å². The monoisotopic (exact) mass is 237 g/mol. The third-order valence-corrected chi connectivity index (χ3v) is 3.02. The number of aromatic nitrogens is 1. The lowest BCUT2D eigenvalue weighted by Crippen LogP contribution is -2.00. The van der Waals surface area contributed by atoms with Gasteiger partial charge in [0.05, 0.1) is 7.11 Å². The Morgan fingerprint density at radius 3 is 2.69 bits per heavy atom.